The molecule has 0 unspecified atom stereocenters. The summed E-state index contributed by atoms with van der Waals surface area (Å²) < 4.78 is 0. The molecule has 5 heteroatoms. The fourth-order valence-electron chi connectivity index (χ4n) is 2.26. The Hall–Kier alpha value is -1.20. The lowest BCUT2D eigenvalue weighted by Gasteiger charge is -2.18. The highest BCUT2D eigenvalue weighted by molar-refractivity contribution is 7.18. The molecule has 0 aliphatic heterocycles. The highest BCUT2D eigenvalue weighted by Crippen LogP contribution is 2.29. The normalized spacial score (nSPS) is 11.4. The Balaban J connectivity index is 2.14. The van der Waals surface area contributed by atoms with Gasteiger partial charge in [0.2, 0.25) is 0 Å². The number of thiophene rings is 1. The molecule has 0 aliphatic carbocycles. The number of nitrogens with one attached hydrogen (secondary N) is 1. The van der Waals surface area contributed by atoms with E-state index in [0.717, 1.165) is 54.5 Å². The fourth-order valence-corrected chi connectivity index (χ4v) is 3.27. The minimum Gasteiger partial charge on any atom is -0.368 e. The van der Waals surface area contributed by atoms with Crippen molar-refractivity contribution in [3.8, 4) is 0 Å². The van der Waals surface area contributed by atoms with Crippen LogP contribution in [-0.2, 0) is 6.42 Å². The average molecular weight is 292 g/mol. The molecule has 0 fully saturated rings. The van der Waals surface area contributed by atoms with Crippen LogP contribution in [-0.4, -0.2) is 41.0 Å². The minimum absolute atomic E-state index is 0.840. The Kier molecular flexibility index (Phi) is 5.31. The highest BCUT2D eigenvalue weighted by atomic mass is 32.1. The molecule has 2 heterocycles. The van der Waals surface area contributed by atoms with E-state index >= 15 is 0 Å². The van der Waals surface area contributed by atoms with E-state index < -0.39 is 0 Å². The maximum atomic E-state index is 4.56. The van der Waals surface area contributed by atoms with E-state index in [1.807, 2.05) is 6.92 Å². The average Bonchev–Trinajstić information content (AvgIpc) is 2.86. The maximum absolute atomic E-state index is 4.56. The summed E-state index contributed by atoms with van der Waals surface area (Å²) in [7, 11) is 0. The van der Waals surface area contributed by atoms with Gasteiger partial charge in [-0.15, -0.1) is 11.3 Å². The van der Waals surface area contributed by atoms with Gasteiger partial charge in [-0.05, 0) is 32.5 Å². The lowest BCUT2D eigenvalue weighted by molar-refractivity contribution is 0.316. The van der Waals surface area contributed by atoms with E-state index in [2.05, 4.69) is 47.0 Å². The number of hydrogen-bond acceptors (Lipinski definition) is 5. The number of anilines is 1. The van der Waals surface area contributed by atoms with Gasteiger partial charge in [0.15, 0.2) is 0 Å². The van der Waals surface area contributed by atoms with E-state index in [1.54, 1.807) is 11.3 Å². The quantitative estimate of drug-likeness (QED) is 0.850. The third-order valence-electron chi connectivity index (χ3n) is 3.52. The van der Waals surface area contributed by atoms with E-state index in [0.29, 0.717) is 0 Å². The van der Waals surface area contributed by atoms with Crippen molar-refractivity contribution < 1.29 is 0 Å². The summed E-state index contributed by atoms with van der Waals surface area (Å²) in [6.07, 6.45) is 1.05. The van der Waals surface area contributed by atoms with E-state index in [4.69, 9.17) is 0 Å². The summed E-state index contributed by atoms with van der Waals surface area (Å²) in [5.74, 6) is 1.82. The molecule has 0 amide bonds. The molecule has 0 spiro atoms. The maximum Gasteiger partial charge on any atom is 0.138 e. The molecule has 0 saturated carbocycles. The van der Waals surface area contributed by atoms with Crippen LogP contribution < -0.4 is 5.32 Å². The third-order valence-corrected chi connectivity index (χ3v) is 4.69. The molecule has 2 rings (SSSR count). The smallest absolute Gasteiger partial charge is 0.138 e. The van der Waals surface area contributed by atoms with Crippen molar-refractivity contribution in [2.75, 3.05) is 31.5 Å². The van der Waals surface area contributed by atoms with Crippen molar-refractivity contribution in [1.29, 1.82) is 0 Å². The standard InChI is InChI=1S/C15H24N4S/c1-5-12-10-13-14(16-8-9-19(6-2)7-3)17-11(4)18-15(13)20-12/h10H,5-9H2,1-4H3,(H,16,17,18). The van der Waals surface area contributed by atoms with Gasteiger partial charge >= 0.3 is 0 Å². The molecule has 0 bridgehead atoms. The molecule has 2 aromatic heterocycles. The van der Waals surface area contributed by atoms with Crippen molar-refractivity contribution in [3.05, 3.63) is 16.8 Å². The van der Waals surface area contributed by atoms with Gasteiger partial charge < -0.3 is 10.2 Å². The Bertz CT molecular complexity index is 560. The highest BCUT2D eigenvalue weighted by Gasteiger charge is 2.09. The lowest BCUT2D eigenvalue weighted by atomic mass is 10.3. The number of aromatic nitrogens is 2. The monoisotopic (exact) mass is 292 g/mol. The first kappa shape index (κ1) is 15.2. The number of likely N-dealkylation sites (N-methyl/N-ethyl adjacent to an activating group) is 1. The van der Waals surface area contributed by atoms with Crippen molar-refractivity contribution in [3.63, 3.8) is 0 Å². The van der Waals surface area contributed by atoms with Crippen LogP contribution in [0.2, 0.25) is 0 Å². The molecule has 4 nitrogen and oxygen atoms in total. The summed E-state index contributed by atoms with van der Waals surface area (Å²) in [5, 5.41) is 4.64. The molecule has 0 aromatic carbocycles. The molecular formula is C15H24N4S. The Morgan fingerprint density at radius 2 is 1.95 bits per heavy atom. The molecule has 0 aliphatic rings. The predicted molar refractivity (Wildman–Crippen MR) is 87.8 cm³/mol. The van der Waals surface area contributed by atoms with Crippen LogP contribution in [0.3, 0.4) is 0 Å². The molecule has 20 heavy (non-hydrogen) atoms. The van der Waals surface area contributed by atoms with Crippen LogP contribution >= 0.6 is 11.3 Å². The Labute approximate surface area is 125 Å². The molecule has 0 saturated heterocycles. The zero-order valence-electron chi connectivity index (χ0n) is 12.9. The molecule has 0 atom stereocenters. The Morgan fingerprint density at radius 3 is 2.60 bits per heavy atom. The largest absolute Gasteiger partial charge is 0.368 e. The van der Waals surface area contributed by atoms with Crippen LogP contribution in [0.4, 0.5) is 5.82 Å². The van der Waals surface area contributed by atoms with Gasteiger partial charge in [0.25, 0.3) is 0 Å². The first-order valence-corrected chi connectivity index (χ1v) is 8.22. The van der Waals surface area contributed by atoms with Gasteiger partial charge in [-0.3, -0.25) is 0 Å². The van der Waals surface area contributed by atoms with Crippen molar-refractivity contribution >= 4 is 27.4 Å². The number of aryl methyl sites for hydroxylation is 2. The second-order valence-corrected chi connectivity index (χ2v) is 5.97. The van der Waals surface area contributed by atoms with Gasteiger partial charge in [-0.25, -0.2) is 9.97 Å². The predicted octanol–water partition coefficient (Wildman–Crippen LogP) is 3.32. The van der Waals surface area contributed by atoms with Gasteiger partial charge in [-0.2, -0.15) is 0 Å². The van der Waals surface area contributed by atoms with Gasteiger partial charge in [0.05, 0.1) is 5.39 Å². The van der Waals surface area contributed by atoms with Crippen LogP contribution in [0.25, 0.3) is 10.2 Å². The summed E-state index contributed by atoms with van der Waals surface area (Å²) in [5.41, 5.74) is 0. The Morgan fingerprint density at radius 1 is 1.20 bits per heavy atom. The molecule has 1 N–H and O–H groups in total. The zero-order valence-corrected chi connectivity index (χ0v) is 13.7. The van der Waals surface area contributed by atoms with Gasteiger partial charge in [0.1, 0.15) is 16.5 Å². The number of hydrogen-bond donors (Lipinski definition) is 1. The summed E-state index contributed by atoms with van der Waals surface area (Å²) in [6, 6.07) is 2.22. The van der Waals surface area contributed by atoms with Crippen LogP contribution in [0.15, 0.2) is 6.07 Å². The summed E-state index contributed by atoms with van der Waals surface area (Å²) in [4.78, 5) is 14.0. The van der Waals surface area contributed by atoms with Crippen LogP contribution in [0.1, 0.15) is 31.5 Å². The topological polar surface area (TPSA) is 41.0 Å². The fraction of sp³-hybridized carbons (Fsp3) is 0.600. The minimum atomic E-state index is 0.840. The van der Waals surface area contributed by atoms with Crippen molar-refractivity contribution in [2.24, 2.45) is 0 Å². The second kappa shape index (κ2) is 6.99. The SMILES string of the molecule is CCc1cc2c(NCCN(CC)CC)nc(C)nc2s1. The van der Waals surface area contributed by atoms with Crippen LogP contribution in [0, 0.1) is 6.92 Å². The second-order valence-electron chi connectivity index (χ2n) is 4.86. The van der Waals surface area contributed by atoms with Crippen molar-refractivity contribution in [2.45, 2.75) is 34.1 Å². The first-order chi connectivity index (χ1) is 9.67. The lowest BCUT2D eigenvalue weighted by Crippen LogP contribution is -2.28. The van der Waals surface area contributed by atoms with E-state index in [-0.39, 0.29) is 0 Å². The first-order valence-electron chi connectivity index (χ1n) is 7.41. The molecular weight excluding hydrogens is 268 g/mol. The molecule has 110 valence electrons. The third kappa shape index (κ3) is 3.46. The molecule has 0 radical (unpaired) electrons. The van der Waals surface area contributed by atoms with E-state index in [9.17, 15) is 0 Å². The zero-order chi connectivity index (χ0) is 14.5. The van der Waals surface area contributed by atoms with Crippen molar-refractivity contribution in [1.82, 2.24) is 14.9 Å². The van der Waals surface area contributed by atoms with Gasteiger partial charge in [0, 0.05) is 18.0 Å². The van der Waals surface area contributed by atoms with Gasteiger partial charge in [-0.1, -0.05) is 20.8 Å². The number of fused-ring (bicyclic) bond motifs is 1. The van der Waals surface area contributed by atoms with Crippen LogP contribution in [0.5, 0.6) is 0 Å². The summed E-state index contributed by atoms with van der Waals surface area (Å²) in [6.45, 7) is 12.7. The van der Waals surface area contributed by atoms with E-state index in [1.165, 1.54) is 4.88 Å². The number of nitrogens with zero attached hydrogens (tertiary/aromatic N) is 3. The summed E-state index contributed by atoms with van der Waals surface area (Å²) >= 11 is 1.77. The number of rotatable bonds is 7. The molecule has 2 aromatic rings.